The Morgan fingerprint density at radius 1 is 1.21 bits per heavy atom. The molecular formula is C15H30N2O2. The van der Waals surface area contributed by atoms with Crippen LogP contribution >= 0.6 is 0 Å². The maximum absolute atomic E-state index is 5.93. The summed E-state index contributed by atoms with van der Waals surface area (Å²) in [7, 11) is 0. The van der Waals surface area contributed by atoms with E-state index in [2.05, 4.69) is 31.0 Å². The predicted octanol–water partition coefficient (Wildman–Crippen LogP) is 1.99. The predicted molar refractivity (Wildman–Crippen MR) is 77.3 cm³/mol. The lowest BCUT2D eigenvalue weighted by atomic mass is 9.84. The average Bonchev–Trinajstić information content (AvgIpc) is 2.87. The van der Waals surface area contributed by atoms with Gasteiger partial charge in [0.25, 0.3) is 0 Å². The van der Waals surface area contributed by atoms with Gasteiger partial charge in [0.1, 0.15) is 0 Å². The molecule has 4 nitrogen and oxygen atoms in total. The van der Waals surface area contributed by atoms with E-state index in [1.165, 1.54) is 13.0 Å². The summed E-state index contributed by atoms with van der Waals surface area (Å²) in [5.41, 5.74) is 0. The molecule has 1 spiro atoms. The molecule has 19 heavy (non-hydrogen) atoms. The number of nitrogens with zero attached hydrogens (tertiary/aromatic N) is 1. The molecule has 112 valence electrons. The molecule has 1 aliphatic heterocycles. The first-order chi connectivity index (χ1) is 9.24. The summed E-state index contributed by atoms with van der Waals surface area (Å²) in [4.78, 5) is 2.60. The fraction of sp³-hybridized carbons (Fsp3) is 1.00. The number of ether oxygens (including phenoxy) is 2. The molecule has 2 aliphatic rings. The Balaban J connectivity index is 2.06. The van der Waals surface area contributed by atoms with Crippen LogP contribution in [0.15, 0.2) is 0 Å². The number of rotatable bonds is 6. The molecule has 0 radical (unpaired) electrons. The molecule has 1 aliphatic carbocycles. The Labute approximate surface area is 117 Å². The van der Waals surface area contributed by atoms with Gasteiger partial charge in [-0.05, 0) is 32.5 Å². The second kappa shape index (κ2) is 7.02. The summed E-state index contributed by atoms with van der Waals surface area (Å²) >= 11 is 0. The molecule has 2 rings (SSSR count). The third-order valence-electron chi connectivity index (χ3n) is 4.49. The second-order valence-corrected chi connectivity index (χ2v) is 5.71. The zero-order valence-corrected chi connectivity index (χ0v) is 12.8. The van der Waals surface area contributed by atoms with Crippen molar-refractivity contribution in [1.82, 2.24) is 10.2 Å². The van der Waals surface area contributed by atoms with E-state index in [0.29, 0.717) is 12.1 Å². The molecule has 0 bridgehead atoms. The van der Waals surface area contributed by atoms with Crippen molar-refractivity contribution in [2.45, 2.75) is 64.3 Å². The van der Waals surface area contributed by atoms with Gasteiger partial charge in [-0.25, -0.2) is 0 Å². The summed E-state index contributed by atoms with van der Waals surface area (Å²) in [6, 6.07) is 1.12. The first kappa shape index (κ1) is 15.2. The quantitative estimate of drug-likeness (QED) is 0.800. The maximum Gasteiger partial charge on any atom is 0.170 e. The first-order valence-electron chi connectivity index (χ1n) is 8.00. The normalized spacial score (nSPS) is 30.3. The van der Waals surface area contributed by atoms with Crippen LogP contribution in [-0.2, 0) is 9.47 Å². The van der Waals surface area contributed by atoms with Crippen LogP contribution in [0.1, 0.15) is 46.5 Å². The van der Waals surface area contributed by atoms with E-state index in [9.17, 15) is 0 Å². The van der Waals surface area contributed by atoms with Gasteiger partial charge in [0.15, 0.2) is 5.79 Å². The van der Waals surface area contributed by atoms with Crippen molar-refractivity contribution in [3.63, 3.8) is 0 Å². The molecule has 0 aromatic rings. The van der Waals surface area contributed by atoms with Gasteiger partial charge in [-0.3, -0.25) is 4.90 Å². The topological polar surface area (TPSA) is 33.7 Å². The summed E-state index contributed by atoms with van der Waals surface area (Å²) in [6.07, 6.45) is 4.40. The highest BCUT2D eigenvalue weighted by Gasteiger charge is 2.46. The summed E-state index contributed by atoms with van der Waals surface area (Å²) in [6.45, 7) is 11.6. The lowest BCUT2D eigenvalue weighted by molar-refractivity contribution is -0.193. The Morgan fingerprint density at radius 3 is 2.53 bits per heavy atom. The molecule has 1 saturated carbocycles. The minimum atomic E-state index is -0.280. The molecule has 0 amide bonds. The van der Waals surface area contributed by atoms with Crippen LogP contribution in [0, 0.1) is 0 Å². The molecular weight excluding hydrogens is 240 g/mol. The van der Waals surface area contributed by atoms with Crippen LogP contribution in [0.3, 0.4) is 0 Å². The van der Waals surface area contributed by atoms with E-state index >= 15 is 0 Å². The van der Waals surface area contributed by atoms with Crippen LogP contribution in [0.25, 0.3) is 0 Å². The van der Waals surface area contributed by atoms with E-state index in [-0.39, 0.29) is 5.79 Å². The number of likely N-dealkylation sites (N-methyl/N-ethyl adjacent to an activating group) is 2. The molecule has 1 N–H and O–H groups in total. The highest BCUT2D eigenvalue weighted by Crippen LogP contribution is 2.37. The first-order valence-corrected chi connectivity index (χ1v) is 8.00. The lowest BCUT2D eigenvalue weighted by Gasteiger charge is -2.46. The van der Waals surface area contributed by atoms with Crippen LogP contribution in [0.5, 0.6) is 0 Å². The third-order valence-corrected chi connectivity index (χ3v) is 4.49. The summed E-state index contributed by atoms with van der Waals surface area (Å²) < 4.78 is 11.9. The monoisotopic (exact) mass is 270 g/mol. The molecule has 2 atom stereocenters. The molecule has 2 fully saturated rings. The van der Waals surface area contributed by atoms with Gasteiger partial charge in [0, 0.05) is 24.9 Å². The highest BCUT2D eigenvalue weighted by atomic mass is 16.7. The Bertz CT molecular complexity index is 259. The standard InChI is InChI=1S/C15H30N2O2/c1-4-9-17(6-3)14-12-15(18-10-11-19-15)8-7-13(14)16-5-2/h13-14,16H,4-12H2,1-3H3. The number of nitrogens with one attached hydrogen (secondary N) is 1. The molecule has 0 aromatic carbocycles. The van der Waals surface area contributed by atoms with Gasteiger partial charge >= 0.3 is 0 Å². The van der Waals surface area contributed by atoms with Gasteiger partial charge in [0.2, 0.25) is 0 Å². The number of hydrogen-bond donors (Lipinski definition) is 1. The van der Waals surface area contributed by atoms with Crippen molar-refractivity contribution in [1.29, 1.82) is 0 Å². The molecule has 1 heterocycles. The summed E-state index contributed by atoms with van der Waals surface area (Å²) in [5, 5.41) is 3.66. The minimum Gasteiger partial charge on any atom is -0.347 e. The van der Waals surface area contributed by atoms with Gasteiger partial charge in [0.05, 0.1) is 13.2 Å². The van der Waals surface area contributed by atoms with Crippen LogP contribution in [0.2, 0.25) is 0 Å². The molecule has 2 unspecified atom stereocenters. The zero-order valence-electron chi connectivity index (χ0n) is 12.8. The van der Waals surface area contributed by atoms with Crippen LogP contribution < -0.4 is 5.32 Å². The fourth-order valence-electron chi connectivity index (χ4n) is 3.62. The molecule has 0 aromatic heterocycles. The van der Waals surface area contributed by atoms with E-state index in [1.807, 2.05) is 0 Å². The average molecular weight is 270 g/mol. The SMILES string of the molecule is CCCN(CC)C1CC2(CCC1NCC)OCCO2. The largest absolute Gasteiger partial charge is 0.347 e. The van der Waals surface area contributed by atoms with Gasteiger partial charge in [-0.2, -0.15) is 0 Å². The van der Waals surface area contributed by atoms with Gasteiger partial charge in [-0.1, -0.05) is 20.8 Å². The zero-order chi connectivity index (χ0) is 13.7. The van der Waals surface area contributed by atoms with Crippen molar-refractivity contribution in [3.8, 4) is 0 Å². The van der Waals surface area contributed by atoms with Crippen LogP contribution in [-0.4, -0.2) is 55.6 Å². The van der Waals surface area contributed by atoms with Crippen molar-refractivity contribution < 1.29 is 9.47 Å². The third kappa shape index (κ3) is 3.48. The lowest BCUT2D eigenvalue weighted by Crippen LogP contribution is -2.57. The summed E-state index contributed by atoms with van der Waals surface area (Å²) in [5.74, 6) is -0.280. The van der Waals surface area contributed by atoms with E-state index < -0.39 is 0 Å². The molecule has 1 saturated heterocycles. The van der Waals surface area contributed by atoms with E-state index in [0.717, 1.165) is 45.6 Å². The van der Waals surface area contributed by atoms with Crippen LogP contribution in [0.4, 0.5) is 0 Å². The maximum atomic E-state index is 5.93. The van der Waals surface area contributed by atoms with E-state index in [4.69, 9.17) is 9.47 Å². The second-order valence-electron chi connectivity index (χ2n) is 5.71. The minimum absolute atomic E-state index is 0.280. The number of hydrogen-bond acceptors (Lipinski definition) is 4. The van der Waals surface area contributed by atoms with Crippen molar-refractivity contribution >= 4 is 0 Å². The van der Waals surface area contributed by atoms with Gasteiger partial charge in [-0.15, -0.1) is 0 Å². The Hall–Kier alpha value is -0.160. The van der Waals surface area contributed by atoms with E-state index in [1.54, 1.807) is 0 Å². The molecule has 4 heteroatoms. The Morgan fingerprint density at radius 2 is 1.95 bits per heavy atom. The fourth-order valence-corrected chi connectivity index (χ4v) is 3.62. The van der Waals surface area contributed by atoms with Crippen molar-refractivity contribution in [2.24, 2.45) is 0 Å². The van der Waals surface area contributed by atoms with Gasteiger partial charge < -0.3 is 14.8 Å². The smallest absolute Gasteiger partial charge is 0.170 e. The Kier molecular flexibility index (Phi) is 5.63. The highest BCUT2D eigenvalue weighted by molar-refractivity contribution is 4.96. The van der Waals surface area contributed by atoms with Crippen molar-refractivity contribution in [2.75, 3.05) is 32.8 Å². The van der Waals surface area contributed by atoms with Crippen molar-refractivity contribution in [3.05, 3.63) is 0 Å².